The van der Waals surface area contributed by atoms with E-state index < -0.39 is 0 Å². The Morgan fingerprint density at radius 1 is 1.00 bits per heavy atom. The summed E-state index contributed by atoms with van der Waals surface area (Å²) in [6.45, 7) is 2.25. The summed E-state index contributed by atoms with van der Waals surface area (Å²) in [4.78, 5) is 2.41. The molecule has 0 radical (unpaired) electrons. The fourth-order valence-corrected chi connectivity index (χ4v) is 3.49. The number of piperidine rings is 1. The zero-order chi connectivity index (χ0) is 16.9. The number of hydrogen-bond donors (Lipinski definition) is 0. The second kappa shape index (κ2) is 7.75. The number of halogens is 2. The average Bonchev–Trinajstić information content (AvgIpc) is 2.61. The van der Waals surface area contributed by atoms with Crippen LogP contribution in [0.1, 0.15) is 30.4 Å². The molecule has 0 bridgehead atoms. The molecule has 4 heteroatoms. The molecule has 0 amide bonds. The van der Waals surface area contributed by atoms with Gasteiger partial charge in [-0.3, -0.25) is 0 Å². The Balaban J connectivity index is 1.84. The molecule has 1 aliphatic rings. The lowest BCUT2D eigenvalue weighted by molar-refractivity contribution is 0.578. The van der Waals surface area contributed by atoms with Gasteiger partial charge in [0.15, 0.2) is 0 Å². The minimum absolute atomic E-state index is 0.486. The van der Waals surface area contributed by atoms with Crippen molar-refractivity contribution in [1.82, 2.24) is 0 Å². The quantitative estimate of drug-likeness (QED) is 0.494. The maximum absolute atomic E-state index is 9.47. The van der Waals surface area contributed by atoms with Crippen molar-refractivity contribution in [2.45, 2.75) is 19.3 Å². The molecule has 0 atom stereocenters. The number of hydrogen-bond acceptors (Lipinski definition) is 2. The molecular weight excluding hydrogens is 339 g/mol. The van der Waals surface area contributed by atoms with Gasteiger partial charge in [-0.1, -0.05) is 41.4 Å². The number of nitrogens with zero attached hydrogens (tertiary/aromatic N) is 2. The Kier molecular flexibility index (Phi) is 5.45. The highest BCUT2D eigenvalue weighted by Gasteiger charge is 2.11. The molecule has 2 aromatic carbocycles. The number of allylic oxidation sites excluding steroid dienone is 1. The lowest BCUT2D eigenvalue weighted by Crippen LogP contribution is -2.29. The third-order valence-electron chi connectivity index (χ3n) is 4.27. The maximum atomic E-state index is 9.47. The molecule has 2 nitrogen and oxygen atoms in total. The summed E-state index contributed by atoms with van der Waals surface area (Å²) in [6.07, 6.45) is 5.70. The SMILES string of the molecule is N#CC(=Cc1ccc(N2CCCCC2)cc1)c1ccc(Cl)cc1Cl. The fourth-order valence-electron chi connectivity index (χ4n) is 2.98. The van der Waals surface area contributed by atoms with E-state index in [1.165, 1.54) is 24.9 Å². The minimum atomic E-state index is 0.486. The van der Waals surface area contributed by atoms with Gasteiger partial charge in [0, 0.05) is 29.4 Å². The Hall–Kier alpha value is -1.95. The molecular formula is C20H18Cl2N2. The predicted octanol–water partition coefficient (Wildman–Crippen LogP) is 6.05. The molecule has 1 fully saturated rings. The van der Waals surface area contributed by atoms with E-state index in [1.54, 1.807) is 18.2 Å². The van der Waals surface area contributed by atoms with Crippen molar-refractivity contribution in [1.29, 1.82) is 5.26 Å². The Morgan fingerprint density at radius 2 is 1.71 bits per heavy atom. The Bertz CT molecular complexity index is 782. The molecule has 0 aliphatic carbocycles. The van der Waals surface area contributed by atoms with Gasteiger partial charge < -0.3 is 4.90 Å². The lowest BCUT2D eigenvalue weighted by atomic mass is 10.0. The average molecular weight is 357 g/mol. The molecule has 0 unspecified atom stereocenters. The number of anilines is 1. The zero-order valence-corrected chi connectivity index (χ0v) is 14.8. The molecule has 0 N–H and O–H groups in total. The van der Waals surface area contributed by atoms with Crippen molar-refractivity contribution in [3.8, 4) is 6.07 Å². The molecule has 2 aromatic rings. The molecule has 0 spiro atoms. The fraction of sp³-hybridized carbons (Fsp3) is 0.250. The van der Waals surface area contributed by atoms with Crippen LogP contribution < -0.4 is 4.90 Å². The van der Waals surface area contributed by atoms with E-state index in [1.807, 2.05) is 18.2 Å². The Morgan fingerprint density at radius 3 is 2.33 bits per heavy atom. The van der Waals surface area contributed by atoms with E-state index >= 15 is 0 Å². The van der Waals surface area contributed by atoms with Gasteiger partial charge in [-0.25, -0.2) is 0 Å². The normalized spacial score (nSPS) is 15.2. The summed E-state index contributed by atoms with van der Waals surface area (Å²) in [5.41, 5.74) is 3.46. The first-order chi connectivity index (χ1) is 11.7. The van der Waals surface area contributed by atoms with Crippen LogP contribution in [-0.4, -0.2) is 13.1 Å². The van der Waals surface area contributed by atoms with Gasteiger partial charge in [0.25, 0.3) is 0 Å². The first kappa shape index (κ1) is 16.9. The van der Waals surface area contributed by atoms with Gasteiger partial charge in [0.05, 0.1) is 16.7 Å². The van der Waals surface area contributed by atoms with Crippen molar-refractivity contribution < 1.29 is 0 Å². The lowest BCUT2D eigenvalue weighted by Gasteiger charge is -2.28. The van der Waals surface area contributed by atoms with Crippen LogP contribution in [0.3, 0.4) is 0 Å². The number of benzene rings is 2. The minimum Gasteiger partial charge on any atom is -0.372 e. The van der Waals surface area contributed by atoms with E-state index in [0.29, 0.717) is 21.2 Å². The van der Waals surface area contributed by atoms with Gasteiger partial charge in [-0.05, 0) is 55.2 Å². The van der Waals surface area contributed by atoms with E-state index in [2.05, 4.69) is 23.1 Å². The maximum Gasteiger partial charge on any atom is 0.0998 e. The van der Waals surface area contributed by atoms with Crippen molar-refractivity contribution in [3.63, 3.8) is 0 Å². The summed E-state index contributed by atoms with van der Waals surface area (Å²) < 4.78 is 0. The first-order valence-electron chi connectivity index (χ1n) is 8.09. The Labute approximate surface area is 152 Å². The van der Waals surface area contributed by atoms with Gasteiger partial charge in [0.1, 0.15) is 0 Å². The summed E-state index contributed by atoms with van der Waals surface area (Å²) in [6, 6.07) is 15.7. The van der Waals surface area contributed by atoms with Crippen molar-refractivity contribution in [3.05, 3.63) is 63.6 Å². The van der Waals surface area contributed by atoms with E-state index in [9.17, 15) is 5.26 Å². The van der Waals surface area contributed by atoms with Crippen LogP contribution in [0.4, 0.5) is 5.69 Å². The van der Waals surface area contributed by atoms with Gasteiger partial charge in [-0.15, -0.1) is 0 Å². The summed E-state index contributed by atoms with van der Waals surface area (Å²) in [5, 5.41) is 10.5. The molecule has 3 rings (SSSR count). The van der Waals surface area contributed by atoms with Crippen molar-refractivity contribution in [2.75, 3.05) is 18.0 Å². The second-order valence-corrected chi connectivity index (χ2v) is 6.78. The van der Waals surface area contributed by atoms with Crippen molar-refractivity contribution >= 4 is 40.5 Å². The van der Waals surface area contributed by atoms with Gasteiger partial charge in [0.2, 0.25) is 0 Å². The van der Waals surface area contributed by atoms with E-state index in [4.69, 9.17) is 23.2 Å². The first-order valence-corrected chi connectivity index (χ1v) is 8.85. The van der Waals surface area contributed by atoms with E-state index in [-0.39, 0.29) is 0 Å². The van der Waals surface area contributed by atoms with Crippen molar-refractivity contribution in [2.24, 2.45) is 0 Å². The standard InChI is InChI=1S/C20H18Cl2N2/c21-17-6-9-19(20(22)13-17)16(14-23)12-15-4-7-18(8-5-15)24-10-2-1-3-11-24/h4-9,12-13H,1-3,10-11H2. The molecule has 1 heterocycles. The predicted molar refractivity (Wildman–Crippen MR) is 102 cm³/mol. The van der Waals surface area contributed by atoms with Crippen LogP contribution >= 0.6 is 23.2 Å². The van der Waals surface area contributed by atoms with Crippen LogP contribution in [0.2, 0.25) is 10.0 Å². The zero-order valence-electron chi connectivity index (χ0n) is 13.3. The molecule has 1 aliphatic heterocycles. The third kappa shape index (κ3) is 3.93. The van der Waals surface area contributed by atoms with Crippen LogP contribution in [0.25, 0.3) is 11.6 Å². The highest BCUT2D eigenvalue weighted by Crippen LogP contribution is 2.28. The highest BCUT2D eigenvalue weighted by atomic mass is 35.5. The molecule has 24 heavy (non-hydrogen) atoms. The number of nitriles is 1. The van der Waals surface area contributed by atoms with Crippen LogP contribution in [0.5, 0.6) is 0 Å². The van der Waals surface area contributed by atoms with Crippen LogP contribution in [0, 0.1) is 11.3 Å². The van der Waals surface area contributed by atoms with Crippen LogP contribution in [-0.2, 0) is 0 Å². The molecule has 1 saturated heterocycles. The summed E-state index contributed by atoms with van der Waals surface area (Å²) in [7, 11) is 0. The second-order valence-electron chi connectivity index (χ2n) is 5.93. The monoisotopic (exact) mass is 356 g/mol. The summed E-state index contributed by atoms with van der Waals surface area (Å²) in [5.74, 6) is 0. The summed E-state index contributed by atoms with van der Waals surface area (Å²) >= 11 is 12.1. The topological polar surface area (TPSA) is 27.0 Å². The van der Waals surface area contributed by atoms with Gasteiger partial charge >= 0.3 is 0 Å². The molecule has 122 valence electrons. The largest absolute Gasteiger partial charge is 0.372 e. The number of rotatable bonds is 3. The van der Waals surface area contributed by atoms with Gasteiger partial charge in [-0.2, -0.15) is 5.26 Å². The molecule has 0 saturated carbocycles. The molecule has 0 aromatic heterocycles. The van der Waals surface area contributed by atoms with E-state index in [0.717, 1.165) is 18.7 Å². The highest BCUT2D eigenvalue weighted by molar-refractivity contribution is 6.36. The van der Waals surface area contributed by atoms with Crippen LogP contribution in [0.15, 0.2) is 42.5 Å². The smallest absolute Gasteiger partial charge is 0.0998 e. The third-order valence-corrected chi connectivity index (χ3v) is 4.81.